The predicted octanol–water partition coefficient (Wildman–Crippen LogP) is -0.703. The second-order valence-electron chi connectivity index (χ2n) is 18.0. The van der Waals surface area contributed by atoms with Gasteiger partial charge in [-0.2, -0.15) is 4.72 Å². The molecule has 7 rings (SSSR count). The zero-order chi connectivity index (χ0) is 50.8. The van der Waals surface area contributed by atoms with E-state index in [-0.39, 0.29) is 61.0 Å². The van der Waals surface area contributed by atoms with Crippen molar-refractivity contribution in [2.45, 2.75) is 58.1 Å². The molecular formula is C46H60InN11O12S. The molecule has 3 aliphatic rings. The van der Waals surface area contributed by atoms with Crippen LogP contribution < -0.4 is 26.1 Å². The second-order valence-corrected chi connectivity index (χ2v) is 23.3. The fourth-order valence-electron chi connectivity index (χ4n) is 8.84. The van der Waals surface area contributed by atoms with Crippen LogP contribution in [0.15, 0.2) is 58.6 Å². The first-order chi connectivity index (χ1) is 33.9. The van der Waals surface area contributed by atoms with Gasteiger partial charge in [0.25, 0.3) is 5.91 Å². The maximum absolute atomic E-state index is 14.0. The molecule has 380 valence electrons. The molecule has 5 heterocycles. The second kappa shape index (κ2) is 24.1. The maximum atomic E-state index is 14.0. The van der Waals surface area contributed by atoms with E-state index in [1.54, 1.807) is 55.1 Å². The molecule has 2 aromatic heterocycles. The van der Waals surface area contributed by atoms with Gasteiger partial charge in [-0.15, -0.1) is 0 Å². The van der Waals surface area contributed by atoms with Gasteiger partial charge in [-0.05, 0) is 56.5 Å². The van der Waals surface area contributed by atoms with Crippen molar-refractivity contribution >= 4 is 85.1 Å². The van der Waals surface area contributed by atoms with Crippen molar-refractivity contribution in [3.63, 3.8) is 0 Å². The fourth-order valence-corrected chi connectivity index (χ4v) is 13.4. The summed E-state index contributed by atoms with van der Waals surface area (Å²) in [6, 6.07) is 7.34. The van der Waals surface area contributed by atoms with Gasteiger partial charge in [0.15, 0.2) is 5.95 Å². The van der Waals surface area contributed by atoms with E-state index in [1.807, 2.05) is 32.6 Å². The number of amides is 2. The molecule has 2 amide bonds. The number of aromatic nitrogens is 3. The summed E-state index contributed by atoms with van der Waals surface area (Å²) in [5.74, 6) is -2.95. The number of nitrogens with zero attached hydrogens (tertiary/aromatic N) is 6. The largest absolute Gasteiger partial charge is 0.352 e. The fraction of sp³-hybridized carbons (Fsp3) is 0.478. The molecule has 3 aliphatic heterocycles. The minimum Gasteiger partial charge on any atom is -0.352 e. The Hall–Kier alpha value is -5.70. The summed E-state index contributed by atoms with van der Waals surface area (Å²) >= 11 is -4.27. The number of fused-ring (bicyclic) bond motifs is 8. The molecule has 4 aromatic rings. The summed E-state index contributed by atoms with van der Waals surface area (Å²) in [5.41, 5.74) is 2.42. The number of aryl methyl sites for hydroxylation is 4. The summed E-state index contributed by atoms with van der Waals surface area (Å²) < 4.78 is 47.6. The van der Waals surface area contributed by atoms with E-state index in [9.17, 15) is 42.0 Å². The maximum Gasteiger partial charge on any atom is 0.241 e. The van der Waals surface area contributed by atoms with Gasteiger partial charge in [0.05, 0.1) is 16.5 Å². The number of Topliss-reactive ketones (excluding diaryl/α,β-unsaturated/α-hetero) is 1. The summed E-state index contributed by atoms with van der Waals surface area (Å²) in [6.45, 7) is 10.1. The number of imidazole rings is 1. The Morgan fingerprint density at radius 2 is 1.41 bits per heavy atom. The number of anilines is 1. The third-order valence-corrected chi connectivity index (χ3v) is 18.1. The topological polar surface area (TPSA) is 276 Å². The van der Waals surface area contributed by atoms with Crippen molar-refractivity contribution in [1.82, 2.24) is 49.5 Å². The minimum atomic E-state index is -4.27. The van der Waals surface area contributed by atoms with Gasteiger partial charge in [-0.1, -0.05) is 23.8 Å². The van der Waals surface area contributed by atoms with Gasteiger partial charge in [-0.25, -0.2) is 13.4 Å². The van der Waals surface area contributed by atoms with E-state index >= 15 is 0 Å². The van der Waals surface area contributed by atoms with Crippen LogP contribution >= 0.6 is 0 Å². The van der Waals surface area contributed by atoms with Crippen LogP contribution in [0.2, 0.25) is 0 Å². The number of carbonyl (C=O) groups excluding carboxylic acids is 6. The number of H-pyrrole nitrogens is 1. The number of hydrogen-bond donors (Lipinski definition) is 5. The number of nitrogens with one attached hydrogen (secondary N) is 5. The Kier molecular flexibility index (Phi) is 18.1. The monoisotopic (exact) mass is 1110 g/mol. The summed E-state index contributed by atoms with van der Waals surface area (Å²) in [4.78, 5) is 108. The van der Waals surface area contributed by atoms with E-state index in [0.717, 1.165) is 11.1 Å². The molecule has 2 aromatic carbocycles. The molecule has 0 saturated carbocycles. The number of benzene rings is 2. The van der Waals surface area contributed by atoms with Crippen molar-refractivity contribution < 1.29 is 45.7 Å². The molecule has 3 saturated heterocycles. The van der Waals surface area contributed by atoms with Crippen LogP contribution in [-0.2, 0) is 55.6 Å². The van der Waals surface area contributed by atoms with Crippen LogP contribution in [0.5, 0.6) is 0 Å². The summed E-state index contributed by atoms with van der Waals surface area (Å²) in [6.07, 6.45) is 5.10. The first-order valence-corrected chi connectivity index (χ1v) is 29.0. The smallest absolute Gasteiger partial charge is 0.241 e. The molecule has 23 nitrogen and oxygen atoms in total. The first-order valence-electron chi connectivity index (χ1n) is 23.4. The molecule has 0 radical (unpaired) electrons. The minimum absolute atomic E-state index is 0.0164. The van der Waals surface area contributed by atoms with E-state index in [2.05, 4.69) is 30.6 Å². The van der Waals surface area contributed by atoms with Gasteiger partial charge in [0.2, 0.25) is 15.5 Å². The van der Waals surface area contributed by atoms with E-state index < -0.39 is 80.4 Å². The van der Waals surface area contributed by atoms with Crippen LogP contribution in [-0.4, -0.2) is 198 Å². The molecule has 0 spiro atoms. The molecule has 2 unspecified atom stereocenters. The quantitative estimate of drug-likeness (QED) is 0.0868. The molecule has 71 heavy (non-hydrogen) atoms. The van der Waals surface area contributed by atoms with Gasteiger partial charge >= 0.3 is 191 Å². The van der Waals surface area contributed by atoms with Crippen molar-refractivity contribution in [1.29, 1.82) is 0 Å². The van der Waals surface area contributed by atoms with Gasteiger partial charge in [-0.3, -0.25) is 14.4 Å². The molecular weight excluding hydrogens is 1050 g/mol. The Labute approximate surface area is 420 Å². The third kappa shape index (κ3) is 14.7. The first kappa shape index (κ1) is 53.1. The zero-order valence-corrected chi connectivity index (χ0v) is 44.4. The van der Waals surface area contributed by atoms with Crippen molar-refractivity contribution in [3.8, 4) is 0 Å². The summed E-state index contributed by atoms with van der Waals surface area (Å²) in [5, 5.41) is 9.02. The van der Waals surface area contributed by atoms with E-state index in [1.165, 1.54) is 13.1 Å². The Morgan fingerprint density at radius 3 is 1.97 bits per heavy atom. The number of pyridine rings is 1. The summed E-state index contributed by atoms with van der Waals surface area (Å²) in [7, 11) is -4.19. The van der Waals surface area contributed by atoms with Crippen LogP contribution in [0.3, 0.4) is 0 Å². The average Bonchev–Trinajstić information content (AvgIpc) is 3.81. The molecule has 25 heteroatoms. The molecule has 0 aliphatic carbocycles. The third-order valence-electron chi connectivity index (χ3n) is 12.4. The van der Waals surface area contributed by atoms with Gasteiger partial charge in [0.1, 0.15) is 11.3 Å². The van der Waals surface area contributed by atoms with Crippen LogP contribution in [0.1, 0.15) is 46.0 Å². The Morgan fingerprint density at radius 1 is 0.817 bits per heavy atom. The number of hydrogen-bond acceptors (Lipinski definition) is 18. The number of aromatic amines is 1. The predicted molar refractivity (Wildman–Crippen MR) is 259 cm³/mol. The number of rotatable bonds is 16. The average molecular weight is 1110 g/mol. The van der Waals surface area contributed by atoms with E-state index in [0.29, 0.717) is 87.9 Å². The van der Waals surface area contributed by atoms with Crippen LogP contribution in [0.25, 0.3) is 10.9 Å². The standard InChI is InChI=1S/C46H63N11O12S.In/c1-30-20-31(2)44(32(3)21-30)70(68,69)52-37(33(4)58)24-50-45(67)36-25-57(38-22-34(6-7-35(38)43(36)66)23-51-46-48-9-10-49-46)11-5-8-47-39(59)26-53-12-14-54(27-40(60)61)16-18-56(29-42(64)65)19-17-55(15-13-53)28-41(62)63;/h6-7,9-10,20-22,25,37,52H,5,8,11-19,23-24,26-29H2,1-4H3,(H,47,59)(H,50,67)(H,60,61)(H,62,63)(H,64,65)(H2,48,49,51);/q;+3/p-3/t37-;/m0./s1. The normalized spacial score (nSPS) is 19.8. The molecule has 5 N–H and O–H groups in total. The van der Waals surface area contributed by atoms with Gasteiger partial charge < -0.3 is 20.2 Å². The van der Waals surface area contributed by atoms with E-state index in [4.69, 9.17) is 8.56 Å². The Balaban J connectivity index is 1.04. The van der Waals surface area contributed by atoms with Crippen molar-refractivity contribution in [3.05, 3.63) is 87.0 Å². The SMILES string of the molecule is CC(=O)[C@H](CNC(=O)c1cn(CCCNC(=O)CN2CCN3CCN4CCN(CC2)CC(=O)[O][In]([O]C(=O)C3)[O]C(=O)C4)c2cc(CNc3ncc[nH]3)ccc2c1=O)NS(=O)(=O)c1c(C)cc(C)cc1C. The van der Waals surface area contributed by atoms with Crippen LogP contribution in [0, 0.1) is 20.8 Å². The molecule has 3 fully saturated rings. The molecule has 3 atom stereocenters. The van der Waals surface area contributed by atoms with Gasteiger partial charge in [0, 0.05) is 43.6 Å². The number of ketones is 1. The van der Waals surface area contributed by atoms with Crippen molar-refractivity contribution in [2.24, 2.45) is 0 Å². The van der Waals surface area contributed by atoms with Crippen LogP contribution in [0.4, 0.5) is 5.95 Å². The number of sulfonamides is 1. The zero-order valence-electron chi connectivity index (χ0n) is 40.3. The van der Waals surface area contributed by atoms with Crippen molar-refractivity contribution in [2.75, 3.05) is 96.9 Å². The molecule has 4 bridgehead atoms. The Bertz CT molecular complexity index is 2750. The number of carbonyl (C=O) groups is 6.